The summed E-state index contributed by atoms with van der Waals surface area (Å²) in [5.74, 6) is -0.480. The average molecular weight is 539 g/mol. The molecule has 0 bridgehead atoms. The van der Waals surface area contributed by atoms with Gasteiger partial charge in [-0.15, -0.1) is 0 Å². The quantitative estimate of drug-likeness (QED) is 0.413. The predicted molar refractivity (Wildman–Crippen MR) is 134 cm³/mol. The molecule has 1 aliphatic rings. The first kappa shape index (κ1) is 28.5. The topological polar surface area (TPSA) is 129 Å². The summed E-state index contributed by atoms with van der Waals surface area (Å²) in [6.07, 6.45) is 5.10. The van der Waals surface area contributed by atoms with Crippen LogP contribution in [0.4, 0.5) is 5.13 Å². The third-order valence-corrected chi connectivity index (χ3v) is 8.33. The van der Waals surface area contributed by atoms with E-state index in [9.17, 15) is 18.0 Å². The Morgan fingerprint density at radius 2 is 1.83 bits per heavy atom. The zero-order valence-electron chi connectivity index (χ0n) is 20.6. The number of methoxy groups -OCH3 is 1. The summed E-state index contributed by atoms with van der Waals surface area (Å²) >= 11 is 1.27. The van der Waals surface area contributed by atoms with Gasteiger partial charge in [0.1, 0.15) is 20.4 Å². The number of nitrogens with one attached hydrogen (secondary N) is 1. The zero-order valence-corrected chi connectivity index (χ0v) is 24.2. The minimum Gasteiger partial charge on any atom is -0.542 e. The van der Waals surface area contributed by atoms with Gasteiger partial charge >= 0.3 is 29.6 Å². The van der Waals surface area contributed by atoms with Crippen molar-refractivity contribution in [1.29, 1.82) is 0 Å². The van der Waals surface area contributed by atoms with Gasteiger partial charge in [0.15, 0.2) is 5.13 Å². The molecule has 36 heavy (non-hydrogen) atoms. The molecule has 2 amide bonds. The number of amides is 2. The summed E-state index contributed by atoms with van der Waals surface area (Å²) in [6.45, 7) is 1.55. The molecule has 2 heterocycles. The van der Waals surface area contributed by atoms with Gasteiger partial charge in [0, 0.05) is 6.07 Å². The van der Waals surface area contributed by atoms with Gasteiger partial charge in [-0.2, -0.15) is 0 Å². The number of ether oxygens (including phenoxy) is 1. The molecule has 1 unspecified atom stereocenters. The Balaban J connectivity index is 0.00000361. The van der Waals surface area contributed by atoms with E-state index in [4.69, 9.17) is 4.74 Å². The fourth-order valence-electron chi connectivity index (χ4n) is 4.26. The van der Waals surface area contributed by atoms with E-state index < -0.39 is 21.8 Å². The van der Waals surface area contributed by atoms with Crippen LogP contribution in [0.5, 0.6) is 5.88 Å². The molecule has 1 fully saturated rings. The summed E-state index contributed by atoms with van der Waals surface area (Å²) in [4.78, 5) is 34.3. The molecule has 0 aliphatic heterocycles. The fourth-order valence-corrected chi connectivity index (χ4v) is 6.07. The molecular weight excluding hydrogens is 511 g/mol. The van der Waals surface area contributed by atoms with Crippen LogP contribution in [0, 0.1) is 5.92 Å². The van der Waals surface area contributed by atoms with E-state index in [0.717, 1.165) is 25.7 Å². The van der Waals surface area contributed by atoms with Crippen LogP contribution in [0.3, 0.4) is 0 Å². The van der Waals surface area contributed by atoms with E-state index in [2.05, 4.69) is 20.0 Å². The largest absolute Gasteiger partial charge is 1.00 e. The number of benzene rings is 1. The normalized spacial score (nSPS) is 14.7. The second kappa shape index (κ2) is 12.5. The number of fused-ring (bicyclic) bond motifs is 1. The fraction of sp³-hybridized carbons (Fsp3) is 0.417. The monoisotopic (exact) mass is 538 g/mol. The van der Waals surface area contributed by atoms with Crippen molar-refractivity contribution in [3.05, 3.63) is 46.7 Å². The molecule has 1 saturated carbocycles. The SMILES string of the molecule is CCC(=O)[N-]S(=O)(=O)c1ccc(C(CC2CCCC2)C(=O)Nc2nc3ccc(OC)nc3s2)cc1.[Na+]. The second-order valence-electron chi connectivity index (χ2n) is 8.51. The number of aromatic nitrogens is 2. The van der Waals surface area contributed by atoms with E-state index in [1.54, 1.807) is 31.2 Å². The molecule has 9 nitrogen and oxygen atoms in total. The van der Waals surface area contributed by atoms with Crippen LogP contribution in [-0.4, -0.2) is 37.3 Å². The average Bonchev–Trinajstić information content (AvgIpc) is 3.51. The van der Waals surface area contributed by atoms with E-state index in [1.807, 2.05) is 0 Å². The number of pyridine rings is 1. The van der Waals surface area contributed by atoms with Crippen LogP contribution in [0.15, 0.2) is 41.3 Å². The molecule has 2 aromatic heterocycles. The van der Waals surface area contributed by atoms with Gasteiger partial charge in [-0.25, -0.2) is 18.4 Å². The van der Waals surface area contributed by atoms with Crippen LogP contribution in [-0.2, 0) is 19.6 Å². The minimum absolute atomic E-state index is 0. The first-order chi connectivity index (χ1) is 16.8. The summed E-state index contributed by atoms with van der Waals surface area (Å²) < 4.78 is 33.2. The van der Waals surface area contributed by atoms with Crippen LogP contribution >= 0.6 is 11.3 Å². The second-order valence-corrected chi connectivity index (χ2v) is 11.1. The first-order valence-electron chi connectivity index (χ1n) is 11.5. The molecule has 0 saturated heterocycles. The van der Waals surface area contributed by atoms with Gasteiger partial charge in [-0.05, 0) is 42.5 Å². The summed E-state index contributed by atoms with van der Waals surface area (Å²) in [7, 11) is -2.54. The molecule has 0 radical (unpaired) electrons. The van der Waals surface area contributed by atoms with E-state index >= 15 is 0 Å². The predicted octanol–water partition coefficient (Wildman–Crippen LogP) is 2.01. The van der Waals surface area contributed by atoms with Crippen LogP contribution < -0.4 is 39.6 Å². The number of hydrogen-bond donors (Lipinski definition) is 1. The van der Waals surface area contributed by atoms with Crippen molar-refractivity contribution in [2.45, 2.75) is 56.3 Å². The Morgan fingerprint density at radius 1 is 1.14 bits per heavy atom. The van der Waals surface area contributed by atoms with E-state index in [-0.39, 0.29) is 46.8 Å². The maximum atomic E-state index is 13.4. The van der Waals surface area contributed by atoms with E-state index in [1.165, 1.54) is 30.6 Å². The number of thiazole rings is 1. The van der Waals surface area contributed by atoms with Crippen molar-refractivity contribution in [1.82, 2.24) is 9.97 Å². The molecular formula is C24H27N4NaO5S2. The molecule has 1 aromatic carbocycles. The molecule has 0 spiro atoms. The standard InChI is InChI=1S/C24H28N4O5S2.Na/c1-3-20(29)28-35(31,32)17-10-8-16(9-11-17)18(14-15-6-4-5-7-15)22(30)27-24-25-19-12-13-21(33-2)26-23(19)34-24;/h8-13,15,18H,3-7,14H2,1-2H3,(H2,25,27,28,29,30);/q;+1/p-1. The molecule has 4 rings (SSSR count). The molecule has 186 valence electrons. The Morgan fingerprint density at radius 3 is 2.47 bits per heavy atom. The zero-order chi connectivity index (χ0) is 25.0. The van der Waals surface area contributed by atoms with E-state index in [0.29, 0.717) is 39.3 Å². The Labute approximate surface area is 236 Å². The number of nitrogens with zero attached hydrogens (tertiary/aromatic N) is 3. The number of rotatable bonds is 9. The first-order valence-corrected chi connectivity index (χ1v) is 13.8. The third-order valence-electron chi connectivity index (χ3n) is 6.13. The maximum absolute atomic E-state index is 13.4. The van der Waals surface area contributed by atoms with Crippen molar-refractivity contribution in [2.75, 3.05) is 12.4 Å². The van der Waals surface area contributed by atoms with Gasteiger partial charge in [0.05, 0.1) is 23.8 Å². The van der Waals surface area contributed by atoms with Crippen molar-refractivity contribution >= 4 is 48.7 Å². The van der Waals surface area contributed by atoms with Crippen LogP contribution in [0.25, 0.3) is 15.1 Å². The van der Waals surface area contributed by atoms with Crippen LogP contribution in [0.2, 0.25) is 0 Å². The molecule has 3 aromatic rings. The Kier molecular flexibility index (Phi) is 9.87. The Bertz CT molecular complexity index is 1320. The summed E-state index contributed by atoms with van der Waals surface area (Å²) in [5, 5.41) is 3.37. The third kappa shape index (κ3) is 6.83. The van der Waals surface area contributed by atoms with Gasteiger partial charge in [0.2, 0.25) is 11.8 Å². The van der Waals surface area contributed by atoms with Gasteiger partial charge in [0.25, 0.3) is 0 Å². The number of sulfonamides is 1. The number of carbonyl (C=O) groups is 2. The molecule has 1 N–H and O–H groups in total. The van der Waals surface area contributed by atoms with Gasteiger partial charge in [-0.3, -0.25) is 4.79 Å². The van der Waals surface area contributed by atoms with Crippen molar-refractivity contribution in [2.24, 2.45) is 5.92 Å². The summed E-state index contributed by atoms with van der Waals surface area (Å²) in [6, 6.07) is 9.56. The van der Waals surface area contributed by atoms with Gasteiger partial charge in [-0.1, -0.05) is 56.1 Å². The maximum Gasteiger partial charge on any atom is 1.00 e. The Hall–Kier alpha value is -2.05. The number of carbonyl (C=O) groups excluding carboxylic acids is 2. The number of hydrogen-bond acceptors (Lipinski definition) is 8. The summed E-state index contributed by atoms with van der Waals surface area (Å²) in [5.41, 5.74) is 1.37. The van der Waals surface area contributed by atoms with Crippen molar-refractivity contribution in [3.63, 3.8) is 0 Å². The smallest absolute Gasteiger partial charge is 0.542 e. The molecule has 1 aliphatic carbocycles. The van der Waals surface area contributed by atoms with Crippen molar-refractivity contribution < 1.29 is 52.3 Å². The van der Waals surface area contributed by atoms with Crippen molar-refractivity contribution in [3.8, 4) is 5.88 Å². The minimum atomic E-state index is -4.08. The van der Waals surface area contributed by atoms with Gasteiger partial charge < -0.3 is 19.6 Å². The molecule has 1 atom stereocenters. The number of anilines is 1. The van der Waals surface area contributed by atoms with Crippen LogP contribution in [0.1, 0.15) is 56.9 Å². The molecule has 12 heteroatoms.